The molecule has 1 atom stereocenters. The van der Waals surface area contributed by atoms with Gasteiger partial charge in [0.2, 0.25) is 21.8 Å². The van der Waals surface area contributed by atoms with E-state index in [0.29, 0.717) is 30.9 Å². The van der Waals surface area contributed by atoms with Crippen molar-refractivity contribution in [3.05, 3.63) is 53.6 Å². The zero-order valence-electron chi connectivity index (χ0n) is 19.3. The number of sulfonamides is 1. The lowest BCUT2D eigenvalue weighted by Crippen LogP contribution is -2.41. The van der Waals surface area contributed by atoms with Crippen LogP contribution in [0.2, 0.25) is 0 Å². The zero-order valence-corrected chi connectivity index (χ0v) is 20.1. The number of hydrogen-bond donors (Lipinski definition) is 1. The van der Waals surface area contributed by atoms with Gasteiger partial charge in [-0.1, -0.05) is 12.1 Å². The lowest BCUT2D eigenvalue weighted by Gasteiger charge is -2.28. The van der Waals surface area contributed by atoms with E-state index in [-0.39, 0.29) is 37.1 Å². The highest BCUT2D eigenvalue weighted by atomic mass is 32.2. The molecule has 2 aliphatic rings. The minimum atomic E-state index is -3.54. The van der Waals surface area contributed by atoms with Gasteiger partial charge in [-0.3, -0.25) is 9.59 Å². The fourth-order valence-electron chi connectivity index (χ4n) is 4.36. The van der Waals surface area contributed by atoms with Gasteiger partial charge in [-0.2, -0.15) is 4.31 Å². The second kappa shape index (κ2) is 10.0. The van der Waals surface area contributed by atoms with Crippen LogP contribution in [0.4, 0.5) is 5.69 Å². The molecular formula is C24H29N3O6S. The number of benzene rings is 2. The molecule has 2 aliphatic heterocycles. The Morgan fingerprint density at radius 2 is 1.85 bits per heavy atom. The molecular weight excluding hydrogens is 458 g/mol. The third kappa shape index (κ3) is 5.18. The standard InChI is InChI=1S/C24H29N3O6S/c1-32-21-5-3-4-20(14-21)27-16-19(13-23(27)28)24(29)25-9-11-34(30,31)26-10-8-17-12-22(33-2)7-6-18(17)15-26/h3-7,12,14,19H,8-11,13,15-16H2,1-2H3,(H,25,29). The maximum Gasteiger partial charge on any atom is 0.227 e. The summed E-state index contributed by atoms with van der Waals surface area (Å²) < 4.78 is 37.6. The molecule has 2 aromatic rings. The maximum atomic E-state index is 12.8. The summed E-state index contributed by atoms with van der Waals surface area (Å²) in [4.78, 5) is 26.7. The number of rotatable bonds is 8. The van der Waals surface area contributed by atoms with Crippen LogP contribution < -0.4 is 19.7 Å². The van der Waals surface area contributed by atoms with Crippen LogP contribution in [0.5, 0.6) is 11.5 Å². The normalized spacial score (nSPS) is 18.5. The monoisotopic (exact) mass is 487 g/mol. The molecule has 182 valence electrons. The van der Waals surface area contributed by atoms with Gasteiger partial charge >= 0.3 is 0 Å². The van der Waals surface area contributed by atoms with E-state index < -0.39 is 15.9 Å². The van der Waals surface area contributed by atoms with Crippen LogP contribution in [0.3, 0.4) is 0 Å². The number of nitrogens with one attached hydrogen (secondary N) is 1. The molecule has 9 nitrogen and oxygen atoms in total. The molecule has 0 aromatic heterocycles. The van der Waals surface area contributed by atoms with Crippen LogP contribution in [-0.4, -0.2) is 64.1 Å². The van der Waals surface area contributed by atoms with E-state index in [1.807, 2.05) is 18.2 Å². The lowest BCUT2D eigenvalue weighted by molar-refractivity contribution is -0.126. The minimum Gasteiger partial charge on any atom is -0.497 e. The molecule has 2 heterocycles. The Labute approximate surface area is 199 Å². The maximum absolute atomic E-state index is 12.8. The molecule has 34 heavy (non-hydrogen) atoms. The first-order chi connectivity index (χ1) is 16.3. The quantitative estimate of drug-likeness (QED) is 0.606. The zero-order chi connectivity index (χ0) is 24.3. The highest BCUT2D eigenvalue weighted by Gasteiger charge is 2.35. The Hall–Kier alpha value is -3.11. The smallest absolute Gasteiger partial charge is 0.227 e. The molecule has 0 radical (unpaired) electrons. The number of carbonyl (C=O) groups is 2. The molecule has 2 aromatic carbocycles. The van der Waals surface area contributed by atoms with E-state index in [0.717, 1.165) is 16.9 Å². The molecule has 1 fully saturated rings. The number of anilines is 1. The Morgan fingerprint density at radius 3 is 2.62 bits per heavy atom. The molecule has 4 rings (SSSR count). The van der Waals surface area contributed by atoms with Gasteiger partial charge in [-0.15, -0.1) is 0 Å². The molecule has 0 spiro atoms. The Bertz CT molecular complexity index is 1180. The van der Waals surface area contributed by atoms with E-state index in [9.17, 15) is 18.0 Å². The summed E-state index contributed by atoms with van der Waals surface area (Å²) in [6, 6.07) is 12.8. The summed E-state index contributed by atoms with van der Waals surface area (Å²) in [6.45, 7) is 0.944. The number of nitrogens with zero attached hydrogens (tertiary/aromatic N) is 2. The van der Waals surface area contributed by atoms with Crippen molar-refractivity contribution < 1.29 is 27.5 Å². The largest absolute Gasteiger partial charge is 0.497 e. The van der Waals surface area contributed by atoms with Gasteiger partial charge in [0.15, 0.2) is 0 Å². The number of methoxy groups -OCH3 is 2. The Kier molecular flexibility index (Phi) is 7.08. The van der Waals surface area contributed by atoms with Crippen LogP contribution >= 0.6 is 0 Å². The third-order valence-corrected chi connectivity index (χ3v) is 8.12. The van der Waals surface area contributed by atoms with Crippen LogP contribution in [0.15, 0.2) is 42.5 Å². The Morgan fingerprint density at radius 1 is 1.09 bits per heavy atom. The lowest BCUT2D eigenvalue weighted by atomic mass is 10.0. The minimum absolute atomic E-state index is 0.00299. The first-order valence-electron chi connectivity index (χ1n) is 11.2. The van der Waals surface area contributed by atoms with Crippen molar-refractivity contribution in [2.45, 2.75) is 19.4 Å². The third-order valence-electron chi connectivity index (χ3n) is 6.30. The molecule has 0 saturated carbocycles. The van der Waals surface area contributed by atoms with Gasteiger partial charge in [0.05, 0.1) is 25.9 Å². The van der Waals surface area contributed by atoms with Gasteiger partial charge in [0, 0.05) is 44.4 Å². The van der Waals surface area contributed by atoms with E-state index in [2.05, 4.69) is 5.32 Å². The summed E-state index contributed by atoms with van der Waals surface area (Å²) in [6.07, 6.45) is 0.699. The topological polar surface area (TPSA) is 105 Å². The van der Waals surface area contributed by atoms with Gasteiger partial charge in [-0.05, 0) is 41.8 Å². The van der Waals surface area contributed by atoms with Crippen molar-refractivity contribution in [1.82, 2.24) is 9.62 Å². The van der Waals surface area contributed by atoms with Crippen LogP contribution in [0, 0.1) is 5.92 Å². The molecule has 10 heteroatoms. The molecule has 0 aliphatic carbocycles. The Balaban J connectivity index is 1.30. The second-order valence-electron chi connectivity index (χ2n) is 8.43. The molecule has 1 saturated heterocycles. The van der Waals surface area contributed by atoms with Crippen molar-refractivity contribution in [3.63, 3.8) is 0 Å². The number of ether oxygens (including phenoxy) is 2. The summed E-state index contributed by atoms with van der Waals surface area (Å²) in [5.74, 6) is 0.203. The van der Waals surface area contributed by atoms with E-state index in [4.69, 9.17) is 9.47 Å². The van der Waals surface area contributed by atoms with E-state index >= 15 is 0 Å². The summed E-state index contributed by atoms with van der Waals surface area (Å²) in [5, 5.41) is 2.70. The van der Waals surface area contributed by atoms with Crippen LogP contribution in [-0.2, 0) is 32.6 Å². The van der Waals surface area contributed by atoms with Crippen molar-refractivity contribution in [2.75, 3.05) is 44.5 Å². The number of carbonyl (C=O) groups excluding carboxylic acids is 2. The first kappa shape index (κ1) is 24.0. The second-order valence-corrected chi connectivity index (χ2v) is 10.5. The fourth-order valence-corrected chi connectivity index (χ4v) is 5.68. The van der Waals surface area contributed by atoms with E-state index in [1.54, 1.807) is 43.4 Å². The predicted molar refractivity (Wildman–Crippen MR) is 127 cm³/mol. The molecule has 1 N–H and O–H groups in total. The van der Waals surface area contributed by atoms with Crippen molar-refractivity contribution in [1.29, 1.82) is 0 Å². The average molecular weight is 488 g/mol. The number of hydrogen-bond acceptors (Lipinski definition) is 6. The van der Waals surface area contributed by atoms with Gasteiger partial charge < -0.3 is 19.7 Å². The predicted octanol–water partition coefficient (Wildman–Crippen LogP) is 1.56. The van der Waals surface area contributed by atoms with Gasteiger partial charge in [0.1, 0.15) is 11.5 Å². The molecule has 1 unspecified atom stereocenters. The summed E-state index contributed by atoms with van der Waals surface area (Å²) in [5.41, 5.74) is 2.72. The van der Waals surface area contributed by atoms with E-state index in [1.165, 1.54) is 4.31 Å². The van der Waals surface area contributed by atoms with Crippen LogP contribution in [0.25, 0.3) is 0 Å². The van der Waals surface area contributed by atoms with Crippen molar-refractivity contribution in [3.8, 4) is 11.5 Å². The van der Waals surface area contributed by atoms with Crippen molar-refractivity contribution in [2.24, 2.45) is 5.92 Å². The fraction of sp³-hybridized carbons (Fsp3) is 0.417. The first-order valence-corrected chi connectivity index (χ1v) is 12.8. The van der Waals surface area contributed by atoms with Crippen molar-refractivity contribution >= 4 is 27.5 Å². The number of amides is 2. The van der Waals surface area contributed by atoms with Crippen LogP contribution in [0.1, 0.15) is 17.5 Å². The SMILES string of the molecule is COc1cccc(N2CC(C(=O)NCCS(=O)(=O)N3CCc4cc(OC)ccc4C3)CC2=O)c1. The highest BCUT2D eigenvalue weighted by molar-refractivity contribution is 7.89. The highest BCUT2D eigenvalue weighted by Crippen LogP contribution is 2.28. The summed E-state index contributed by atoms with van der Waals surface area (Å²) in [7, 11) is -0.382. The van der Waals surface area contributed by atoms with Gasteiger partial charge in [0.25, 0.3) is 0 Å². The summed E-state index contributed by atoms with van der Waals surface area (Å²) >= 11 is 0. The number of fused-ring (bicyclic) bond motifs is 1. The van der Waals surface area contributed by atoms with Gasteiger partial charge in [-0.25, -0.2) is 8.42 Å². The molecule has 2 amide bonds. The average Bonchev–Trinajstić information content (AvgIpc) is 3.24. The molecule has 0 bridgehead atoms.